The average Bonchev–Trinajstić information content (AvgIpc) is 2.43. The molecule has 0 aromatic heterocycles. The monoisotopic (exact) mass is 235 g/mol. The topological polar surface area (TPSA) is 40.9 Å². The van der Waals surface area contributed by atoms with E-state index in [9.17, 15) is 4.79 Å². The molecule has 64 valence electrons. The lowest BCUT2D eigenvalue weighted by molar-refractivity contribution is 0.100. The normalized spacial score (nSPS) is 19.7. The minimum Gasteiger partial charge on any atom is -0.293 e. The second-order valence-electron chi connectivity index (χ2n) is 3.02. The number of hydrogen-bond acceptors (Lipinski definition) is 2. The van der Waals surface area contributed by atoms with E-state index in [0.717, 1.165) is 12.0 Å². The SMILES string of the molecule is N#Cc1ccc2c(c1)C(=O)C(Br)C2. The van der Waals surface area contributed by atoms with Gasteiger partial charge in [0.15, 0.2) is 5.78 Å². The summed E-state index contributed by atoms with van der Waals surface area (Å²) in [7, 11) is 0. The lowest BCUT2D eigenvalue weighted by Crippen LogP contribution is -2.06. The number of Topliss-reactive ketones (excluding diaryl/α,β-unsaturated/α-hetero) is 1. The Kier molecular flexibility index (Phi) is 1.93. The van der Waals surface area contributed by atoms with E-state index >= 15 is 0 Å². The van der Waals surface area contributed by atoms with Crippen molar-refractivity contribution in [1.29, 1.82) is 5.26 Å². The zero-order valence-electron chi connectivity index (χ0n) is 6.75. The van der Waals surface area contributed by atoms with E-state index in [0.29, 0.717) is 11.1 Å². The van der Waals surface area contributed by atoms with Gasteiger partial charge in [-0.25, -0.2) is 0 Å². The van der Waals surface area contributed by atoms with E-state index in [1.165, 1.54) is 0 Å². The summed E-state index contributed by atoms with van der Waals surface area (Å²) in [6.45, 7) is 0. The molecule has 1 aromatic carbocycles. The molecule has 1 unspecified atom stereocenters. The molecule has 0 N–H and O–H groups in total. The van der Waals surface area contributed by atoms with E-state index in [1.54, 1.807) is 12.1 Å². The third kappa shape index (κ3) is 1.27. The Bertz CT molecular complexity index is 419. The van der Waals surface area contributed by atoms with Crippen molar-refractivity contribution in [2.24, 2.45) is 0 Å². The van der Waals surface area contributed by atoms with Crippen LogP contribution in [0, 0.1) is 11.3 Å². The second kappa shape index (κ2) is 2.97. The summed E-state index contributed by atoms with van der Waals surface area (Å²) in [4.78, 5) is 11.4. The molecule has 0 heterocycles. The molecule has 0 saturated carbocycles. The summed E-state index contributed by atoms with van der Waals surface area (Å²) in [6, 6.07) is 7.29. The number of nitrogens with zero attached hydrogens (tertiary/aromatic N) is 1. The number of alkyl halides is 1. The highest BCUT2D eigenvalue weighted by Gasteiger charge is 2.28. The van der Waals surface area contributed by atoms with Gasteiger partial charge < -0.3 is 0 Å². The molecule has 1 aromatic rings. The van der Waals surface area contributed by atoms with Crippen molar-refractivity contribution in [1.82, 2.24) is 0 Å². The molecule has 3 heteroatoms. The first-order valence-electron chi connectivity index (χ1n) is 3.93. The molecular weight excluding hydrogens is 230 g/mol. The molecule has 1 aliphatic rings. The molecule has 1 atom stereocenters. The van der Waals surface area contributed by atoms with Gasteiger partial charge in [0.25, 0.3) is 0 Å². The number of nitriles is 1. The van der Waals surface area contributed by atoms with Gasteiger partial charge in [-0.2, -0.15) is 5.26 Å². The van der Waals surface area contributed by atoms with Crippen molar-refractivity contribution >= 4 is 21.7 Å². The Balaban J connectivity index is 2.56. The van der Waals surface area contributed by atoms with Crippen molar-refractivity contribution in [3.63, 3.8) is 0 Å². The van der Waals surface area contributed by atoms with E-state index in [1.807, 2.05) is 12.1 Å². The van der Waals surface area contributed by atoms with Crippen LogP contribution in [-0.4, -0.2) is 10.6 Å². The van der Waals surface area contributed by atoms with Gasteiger partial charge in [-0.1, -0.05) is 22.0 Å². The van der Waals surface area contributed by atoms with E-state index in [-0.39, 0.29) is 10.6 Å². The number of hydrogen-bond donors (Lipinski definition) is 0. The van der Waals surface area contributed by atoms with Crippen LogP contribution in [0.15, 0.2) is 18.2 Å². The smallest absolute Gasteiger partial charge is 0.177 e. The molecule has 0 bridgehead atoms. The first kappa shape index (κ1) is 8.46. The molecule has 2 rings (SSSR count). The van der Waals surface area contributed by atoms with E-state index < -0.39 is 0 Å². The summed E-state index contributed by atoms with van der Waals surface area (Å²) in [5, 5.41) is 8.65. The molecule has 0 aliphatic heterocycles. The second-order valence-corrected chi connectivity index (χ2v) is 4.12. The minimum atomic E-state index is -0.101. The predicted octanol–water partition coefficient (Wildman–Crippen LogP) is 2.06. The number of rotatable bonds is 0. The summed E-state index contributed by atoms with van der Waals surface area (Å²) in [5.41, 5.74) is 2.28. The van der Waals surface area contributed by atoms with Gasteiger partial charge in [0.2, 0.25) is 0 Å². The van der Waals surface area contributed by atoms with Gasteiger partial charge in [-0.15, -0.1) is 0 Å². The van der Waals surface area contributed by atoms with E-state index in [2.05, 4.69) is 15.9 Å². The highest BCUT2D eigenvalue weighted by atomic mass is 79.9. The number of carbonyl (C=O) groups excluding carboxylic acids is 1. The molecule has 1 aliphatic carbocycles. The third-order valence-electron chi connectivity index (χ3n) is 2.19. The maximum absolute atomic E-state index is 11.5. The van der Waals surface area contributed by atoms with Crippen LogP contribution in [-0.2, 0) is 6.42 Å². The van der Waals surface area contributed by atoms with Gasteiger partial charge in [-0.05, 0) is 24.1 Å². The fourth-order valence-corrected chi connectivity index (χ4v) is 2.10. The lowest BCUT2D eigenvalue weighted by atomic mass is 10.1. The van der Waals surface area contributed by atoms with Gasteiger partial charge in [-0.3, -0.25) is 4.79 Å². The van der Waals surface area contributed by atoms with Crippen LogP contribution in [0.5, 0.6) is 0 Å². The lowest BCUT2D eigenvalue weighted by Gasteiger charge is -1.95. The summed E-state index contributed by atoms with van der Waals surface area (Å²) < 4.78 is 0. The fourth-order valence-electron chi connectivity index (χ4n) is 1.51. The molecular formula is C10H6BrNO. The van der Waals surface area contributed by atoms with E-state index in [4.69, 9.17) is 5.26 Å². The zero-order valence-corrected chi connectivity index (χ0v) is 8.34. The predicted molar refractivity (Wildman–Crippen MR) is 51.9 cm³/mol. The zero-order chi connectivity index (χ0) is 9.42. The Labute approximate surface area is 84.3 Å². The maximum Gasteiger partial charge on any atom is 0.177 e. The Hall–Kier alpha value is -1.14. The Morgan fingerprint density at radius 2 is 2.31 bits per heavy atom. The molecule has 0 saturated heterocycles. The molecule has 0 spiro atoms. The van der Waals surface area contributed by atoms with Gasteiger partial charge in [0.1, 0.15) is 0 Å². The number of benzene rings is 1. The van der Waals surface area contributed by atoms with Crippen LogP contribution in [0.1, 0.15) is 21.5 Å². The van der Waals surface area contributed by atoms with Crippen LogP contribution < -0.4 is 0 Å². The van der Waals surface area contributed by atoms with Crippen LogP contribution in [0.3, 0.4) is 0 Å². The van der Waals surface area contributed by atoms with Crippen molar-refractivity contribution in [2.45, 2.75) is 11.2 Å². The summed E-state index contributed by atoms with van der Waals surface area (Å²) in [5.74, 6) is 0.0899. The third-order valence-corrected chi connectivity index (χ3v) is 2.93. The maximum atomic E-state index is 11.5. The van der Waals surface area contributed by atoms with Crippen molar-refractivity contribution in [2.75, 3.05) is 0 Å². The highest BCUT2D eigenvalue weighted by Crippen LogP contribution is 2.27. The molecule has 0 fully saturated rings. The minimum absolute atomic E-state index is 0.0899. The molecule has 0 radical (unpaired) electrons. The standard InChI is InChI=1S/C10H6BrNO/c11-9-4-7-2-1-6(5-12)3-8(7)10(9)13/h1-3,9H,4H2. The Morgan fingerprint density at radius 1 is 1.54 bits per heavy atom. The fraction of sp³-hybridized carbons (Fsp3) is 0.200. The van der Waals surface area contributed by atoms with Crippen LogP contribution in [0.4, 0.5) is 0 Å². The van der Waals surface area contributed by atoms with Crippen molar-refractivity contribution in [3.8, 4) is 6.07 Å². The van der Waals surface area contributed by atoms with Crippen molar-refractivity contribution in [3.05, 3.63) is 34.9 Å². The highest BCUT2D eigenvalue weighted by molar-refractivity contribution is 9.10. The van der Waals surface area contributed by atoms with Gasteiger partial charge in [0.05, 0.1) is 16.5 Å². The van der Waals surface area contributed by atoms with Gasteiger partial charge in [0, 0.05) is 5.56 Å². The number of ketones is 1. The molecule has 0 amide bonds. The Morgan fingerprint density at radius 3 is 3.00 bits per heavy atom. The van der Waals surface area contributed by atoms with Crippen LogP contribution in [0.25, 0.3) is 0 Å². The quantitative estimate of drug-likeness (QED) is 0.647. The summed E-state index contributed by atoms with van der Waals surface area (Å²) in [6.07, 6.45) is 0.736. The first-order valence-corrected chi connectivity index (χ1v) is 4.85. The van der Waals surface area contributed by atoms with Crippen LogP contribution in [0.2, 0.25) is 0 Å². The largest absolute Gasteiger partial charge is 0.293 e. The number of carbonyl (C=O) groups is 1. The number of halogens is 1. The summed E-state index contributed by atoms with van der Waals surface area (Å²) >= 11 is 3.30. The van der Waals surface area contributed by atoms with Crippen molar-refractivity contribution < 1.29 is 4.79 Å². The first-order chi connectivity index (χ1) is 6.22. The molecule has 13 heavy (non-hydrogen) atoms. The number of fused-ring (bicyclic) bond motifs is 1. The molecule has 2 nitrogen and oxygen atoms in total. The van der Waals surface area contributed by atoms with Gasteiger partial charge >= 0.3 is 0 Å². The average molecular weight is 236 g/mol. The van der Waals surface area contributed by atoms with Crippen LogP contribution >= 0.6 is 15.9 Å².